The molecule has 0 spiro atoms. The Morgan fingerprint density at radius 1 is 1.03 bits per heavy atom. The predicted octanol–water partition coefficient (Wildman–Crippen LogP) is 5.07. The standard InChI is InChI=1S/C29H37N3O4/c30-28(31)23-10-8-21(9-11-23)22-12-14-26(15-13-22)36-19-25-17-24(18-27(33)34)29(35)32(25)16-4-7-20-5-2-1-3-6-20/h8-15,20,24-25H,1-7,16-19H2,(H3,30,31)(H,33,34)/t24-,25-/m0/s1. The molecule has 1 amide bonds. The Bertz CT molecular complexity index is 1050. The smallest absolute Gasteiger partial charge is 0.304 e. The lowest BCUT2D eigenvalue weighted by molar-refractivity contribution is -0.142. The van der Waals surface area contributed by atoms with E-state index < -0.39 is 11.9 Å². The van der Waals surface area contributed by atoms with Crippen LogP contribution in [0.3, 0.4) is 0 Å². The lowest BCUT2D eigenvalue weighted by Gasteiger charge is -2.27. The van der Waals surface area contributed by atoms with Crippen molar-refractivity contribution in [2.45, 2.75) is 63.8 Å². The van der Waals surface area contributed by atoms with Crippen molar-refractivity contribution in [3.05, 3.63) is 54.1 Å². The molecule has 4 rings (SSSR count). The number of hydrogen-bond donors (Lipinski definition) is 3. The Labute approximate surface area is 213 Å². The fraction of sp³-hybridized carbons (Fsp3) is 0.483. The van der Waals surface area contributed by atoms with Gasteiger partial charge in [-0.15, -0.1) is 0 Å². The Morgan fingerprint density at radius 2 is 1.67 bits per heavy atom. The van der Waals surface area contributed by atoms with Crippen LogP contribution in [0, 0.1) is 17.2 Å². The topological polar surface area (TPSA) is 117 Å². The van der Waals surface area contributed by atoms with Crippen LogP contribution in [0.4, 0.5) is 0 Å². The number of nitrogens with one attached hydrogen (secondary N) is 1. The first-order valence-electron chi connectivity index (χ1n) is 13.1. The molecule has 1 aliphatic carbocycles. The molecule has 1 saturated carbocycles. The number of aliphatic carboxylic acids is 1. The first kappa shape index (κ1) is 25.7. The van der Waals surface area contributed by atoms with Crippen LogP contribution in [-0.2, 0) is 9.59 Å². The highest BCUT2D eigenvalue weighted by Crippen LogP contribution is 2.31. The summed E-state index contributed by atoms with van der Waals surface area (Å²) in [5, 5.41) is 16.8. The van der Waals surface area contributed by atoms with E-state index in [4.69, 9.17) is 15.9 Å². The molecule has 4 N–H and O–H groups in total. The maximum atomic E-state index is 13.0. The monoisotopic (exact) mass is 491 g/mol. The number of carbonyl (C=O) groups excluding carboxylic acids is 1. The number of hydrogen-bond acceptors (Lipinski definition) is 4. The van der Waals surface area contributed by atoms with Crippen molar-refractivity contribution < 1.29 is 19.4 Å². The number of nitrogens with two attached hydrogens (primary N) is 1. The Balaban J connectivity index is 1.35. The number of benzene rings is 2. The van der Waals surface area contributed by atoms with Gasteiger partial charge in [0.05, 0.1) is 18.4 Å². The van der Waals surface area contributed by atoms with Crippen molar-refractivity contribution in [3.8, 4) is 16.9 Å². The molecule has 0 unspecified atom stereocenters. The molecule has 2 atom stereocenters. The maximum absolute atomic E-state index is 13.0. The molecule has 1 saturated heterocycles. The lowest BCUT2D eigenvalue weighted by Crippen LogP contribution is -2.38. The minimum absolute atomic E-state index is 0.0426. The van der Waals surface area contributed by atoms with E-state index in [1.807, 2.05) is 53.4 Å². The minimum atomic E-state index is -0.927. The van der Waals surface area contributed by atoms with Gasteiger partial charge in [-0.2, -0.15) is 0 Å². The molecule has 2 fully saturated rings. The van der Waals surface area contributed by atoms with Gasteiger partial charge in [-0.1, -0.05) is 68.5 Å². The van der Waals surface area contributed by atoms with Crippen LogP contribution >= 0.6 is 0 Å². The maximum Gasteiger partial charge on any atom is 0.304 e. The second kappa shape index (κ2) is 12.1. The molecule has 0 bridgehead atoms. The van der Waals surface area contributed by atoms with E-state index in [0.29, 0.717) is 25.1 Å². The average Bonchev–Trinajstić information content (AvgIpc) is 3.17. The number of rotatable bonds is 11. The number of carboxylic acids is 1. The molecule has 7 heteroatoms. The van der Waals surface area contributed by atoms with Crippen molar-refractivity contribution in [1.29, 1.82) is 5.41 Å². The molecule has 2 aliphatic rings. The molecule has 0 aromatic heterocycles. The Hall–Kier alpha value is -3.35. The fourth-order valence-electron chi connectivity index (χ4n) is 5.61. The summed E-state index contributed by atoms with van der Waals surface area (Å²) in [4.78, 5) is 26.2. The SMILES string of the molecule is N=C(N)c1ccc(-c2ccc(OC[C@@H]3C[C@@H](CC(=O)O)C(=O)N3CCCC3CCCCC3)cc2)cc1. The lowest BCUT2D eigenvalue weighted by atomic mass is 9.86. The highest BCUT2D eigenvalue weighted by Gasteiger charge is 2.40. The first-order chi connectivity index (χ1) is 17.4. The normalized spacial score (nSPS) is 20.4. The number of nitrogens with zero attached hydrogens (tertiary/aromatic N) is 1. The Morgan fingerprint density at radius 3 is 2.28 bits per heavy atom. The summed E-state index contributed by atoms with van der Waals surface area (Å²) in [6, 6.07) is 15.2. The van der Waals surface area contributed by atoms with Crippen molar-refractivity contribution in [1.82, 2.24) is 4.90 Å². The number of nitrogen functional groups attached to an aromatic ring is 1. The summed E-state index contributed by atoms with van der Waals surface area (Å²) in [7, 11) is 0. The van der Waals surface area contributed by atoms with Crippen LogP contribution in [0.25, 0.3) is 11.1 Å². The number of ether oxygens (including phenoxy) is 1. The van der Waals surface area contributed by atoms with Crippen LogP contribution in [-0.4, -0.2) is 46.9 Å². The third-order valence-electron chi connectivity index (χ3n) is 7.61. The predicted molar refractivity (Wildman–Crippen MR) is 140 cm³/mol. The van der Waals surface area contributed by atoms with Crippen LogP contribution in [0.1, 0.15) is 63.4 Å². The van der Waals surface area contributed by atoms with Crippen LogP contribution < -0.4 is 10.5 Å². The van der Waals surface area contributed by atoms with Crippen LogP contribution in [0.15, 0.2) is 48.5 Å². The summed E-state index contributed by atoms with van der Waals surface area (Å²) in [6.45, 7) is 1.03. The molecular weight excluding hydrogens is 454 g/mol. The molecular formula is C29H37N3O4. The molecule has 1 aliphatic heterocycles. The van der Waals surface area contributed by atoms with E-state index in [2.05, 4.69) is 0 Å². The number of amidine groups is 1. The van der Waals surface area contributed by atoms with E-state index in [9.17, 15) is 14.7 Å². The van der Waals surface area contributed by atoms with E-state index in [-0.39, 0.29) is 24.2 Å². The second-order valence-electron chi connectivity index (χ2n) is 10.2. The summed E-state index contributed by atoms with van der Waals surface area (Å²) >= 11 is 0. The second-order valence-corrected chi connectivity index (χ2v) is 10.2. The number of likely N-dealkylation sites (tertiary alicyclic amines) is 1. The van der Waals surface area contributed by atoms with Crippen molar-refractivity contribution in [3.63, 3.8) is 0 Å². The van der Waals surface area contributed by atoms with Gasteiger partial charge < -0.3 is 20.5 Å². The van der Waals surface area contributed by atoms with Gasteiger partial charge in [0.25, 0.3) is 0 Å². The summed E-state index contributed by atoms with van der Waals surface area (Å²) in [5.41, 5.74) is 8.27. The minimum Gasteiger partial charge on any atom is -0.491 e. The number of carbonyl (C=O) groups is 2. The zero-order chi connectivity index (χ0) is 25.5. The van der Waals surface area contributed by atoms with Crippen molar-refractivity contribution in [2.24, 2.45) is 17.6 Å². The average molecular weight is 492 g/mol. The van der Waals surface area contributed by atoms with Gasteiger partial charge in [0.1, 0.15) is 18.2 Å². The number of carboxylic acid groups (broad SMARTS) is 1. The molecule has 0 radical (unpaired) electrons. The van der Waals surface area contributed by atoms with Crippen molar-refractivity contribution >= 4 is 17.7 Å². The van der Waals surface area contributed by atoms with Crippen LogP contribution in [0.5, 0.6) is 5.75 Å². The summed E-state index contributed by atoms with van der Waals surface area (Å²) in [6.07, 6.45) is 9.04. The molecule has 2 aromatic rings. The fourth-order valence-corrected chi connectivity index (χ4v) is 5.61. The van der Waals surface area contributed by atoms with E-state index in [1.165, 1.54) is 32.1 Å². The highest BCUT2D eigenvalue weighted by atomic mass is 16.5. The highest BCUT2D eigenvalue weighted by molar-refractivity contribution is 5.95. The van der Waals surface area contributed by atoms with Gasteiger partial charge in [-0.25, -0.2) is 0 Å². The van der Waals surface area contributed by atoms with Crippen LogP contribution in [0.2, 0.25) is 0 Å². The van der Waals surface area contributed by atoms with Gasteiger partial charge in [-0.3, -0.25) is 15.0 Å². The summed E-state index contributed by atoms with van der Waals surface area (Å²) in [5.74, 6) is 0.0898. The van der Waals surface area contributed by atoms with Gasteiger partial charge in [0, 0.05) is 12.1 Å². The van der Waals surface area contributed by atoms with Crippen molar-refractivity contribution in [2.75, 3.05) is 13.2 Å². The van der Waals surface area contributed by atoms with E-state index >= 15 is 0 Å². The quantitative estimate of drug-likeness (QED) is 0.300. The summed E-state index contributed by atoms with van der Waals surface area (Å²) < 4.78 is 6.07. The zero-order valence-corrected chi connectivity index (χ0v) is 20.8. The Kier molecular flexibility index (Phi) is 8.62. The van der Waals surface area contributed by atoms with Gasteiger partial charge >= 0.3 is 5.97 Å². The third-order valence-corrected chi connectivity index (χ3v) is 7.61. The molecule has 2 aromatic carbocycles. The molecule has 192 valence electrons. The van der Waals surface area contributed by atoms with E-state index in [0.717, 1.165) is 35.6 Å². The van der Waals surface area contributed by atoms with E-state index in [1.54, 1.807) is 0 Å². The molecule has 7 nitrogen and oxygen atoms in total. The number of amides is 1. The zero-order valence-electron chi connectivity index (χ0n) is 20.8. The molecule has 1 heterocycles. The van der Waals surface area contributed by atoms with Gasteiger partial charge in [-0.05, 0) is 48.4 Å². The molecule has 36 heavy (non-hydrogen) atoms. The third kappa shape index (κ3) is 6.65. The largest absolute Gasteiger partial charge is 0.491 e. The van der Waals surface area contributed by atoms with Gasteiger partial charge in [0.2, 0.25) is 5.91 Å². The first-order valence-corrected chi connectivity index (χ1v) is 13.1. The van der Waals surface area contributed by atoms with Gasteiger partial charge in [0.15, 0.2) is 0 Å².